The third-order valence-corrected chi connectivity index (χ3v) is 6.05. The normalized spacial score (nSPS) is 11.9. The van der Waals surface area contributed by atoms with Crippen molar-refractivity contribution in [3.63, 3.8) is 0 Å². The maximum Gasteiger partial charge on any atom is 0.277 e. The summed E-state index contributed by atoms with van der Waals surface area (Å²) in [5, 5.41) is 11.4. The molecule has 0 saturated carbocycles. The number of amides is 1. The second kappa shape index (κ2) is 10.0. The van der Waals surface area contributed by atoms with E-state index in [-0.39, 0.29) is 28.8 Å². The lowest BCUT2D eigenvalue weighted by molar-refractivity contribution is -0.119. The number of aryl methyl sites for hydroxylation is 1. The Morgan fingerprint density at radius 2 is 1.82 bits per heavy atom. The number of methoxy groups -OCH3 is 3. The molecule has 4 aromatic rings. The van der Waals surface area contributed by atoms with E-state index >= 15 is 0 Å². The van der Waals surface area contributed by atoms with E-state index in [1.54, 1.807) is 12.1 Å². The summed E-state index contributed by atoms with van der Waals surface area (Å²) in [6.07, 6.45) is 0. The summed E-state index contributed by atoms with van der Waals surface area (Å²) in [6.45, 7) is 1.90. The van der Waals surface area contributed by atoms with Gasteiger partial charge in [0.15, 0.2) is 11.5 Å². The fourth-order valence-corrected chi connectivity index (χ4v) is 4.19. The van der Waals surface area contributed by atoms with Crippen LogP contribution in [0.1, 0.15) is 18.8 Å². The third-order valence-electron chi connectivity index (χ3n) is 5.23. The summed E-state index contributed by atoms with van der Waals surface area (Å²) in [4.78, 5) is 17.2. The lowest BCUT2D eigenvalue weighted by atomic mass is 10.2. The number of hydrogen-bond acceptors (Lipinski definition) is 9. The molecule has 0 radical (unpaired) electrons. The van der Waals surface area contributed by atoms with Crippen molar-refractivity contribution >= 4 is 28.7 Å². The average molecular weight is 484 g/mol. The van der Waals surface area contributed by atoms with Crippen molar-refractivity contribution in [3.05, 3.63) is 42.2 Å². The number of nitrogens with one attached hydrogen (secondary N) is 1. The Morgan fingerprint density at radius 3 is 2.47 bits per heavy atom. The van der Waals surface area contributed by atoms with Gasteiger partial charge in [0.1, 0.15) is 5.82 Å². The smallest absolute Gasteiger partial charge is 0.277 e. The van der Waals surface area contributed by atoms with Crippen LogP contribution in [0.4, 0.5) is 0 Å². The summed E-state index contributed by atoms with van der Waals surface area (Å²) in [7, 11) is 6.53. The Balaban J connectivity index is 1.41. The number of thioether (sulfide) groups is 1. The van der Waals surface area contributed by atoms with Crippen molar-refractivity contribution in [3.8, 4) is 28.7 Å². The minimum absolute atomic E-state index is 0.116. The molecule has 0 aliphatic rings. The molecule has 0 saturated heterocycles. The molecule has 4 rings (SSSR count). The van der Waals surface area contributed by atoms with Gasteiger partial charge in [-0.15, -0.1) is 10.2 Å². The van der Waals surface area contributed by atoms with Crippen LogP contribution >= 0.6 is 11.8 Å². The van der Waals surface area contributed by atoms with Crippen LogP contribution in [0.3, 0.4) is 0 Å². The molecule has 0 spiro atoms. The first-order valence-electron chi connectivity index (χ1n) is 10.4. The molecule has 34 heavy (non-hydrogen) atoms. The zero-order chi connectivity index (χ0) is 24.2. The molecule has 10 nitrogen and oxygen atoms in total. The van der Waals surface area contributed by atoms with Gasteiger partial charge in [0.2, 0.25) is 17.5 Å². The van der Waals surface area contributed by atoms with Gasteiger partial charge in [0, 0.05) is 12.6 Å². The third kappa shape index (κ3) is 4.65. The minimum atomic E-state index is -0.261. The first-order chi connectivity index (χ1) is 16.4. The van der Waals surface area contributed by atoms with Gasteiger partial charge in [-0.2, -0.15) is 0 Å². The fraction of sp³-hybridized carbons (Fsp3) is 0.304. The van der Waals surface area contributed by atoms with Crippen LogP contribution < -0.4 is 19.5 Å². The number of ether oxygens (including phenoxy) is 3. The molecule has 178 valence electrons. The minimum Gasteiger partial charge on any atom is -0.493 e. The molecule has 0 bridgehead atoms. The first-order valence-corrected chi connectivity index (χ1v) is 11.4. The Labute approximate surface area is 200 Å². The zero-order valence-electron chi connectivity index (χ0n) is 19.5. The quantitative estimate of drug-likeness (QED) is 0.357. The summed E-state index contributed by atoms with van der Waals surface area (Å²) in [5.74, 6) is 2.41. The molecule has 1 atom stereocenters. The van der Waals surface area contributed by atoms with Crippen LogP contribution in [-0.2, 0) is 11.8 Å². The second-order valence-electron chi connectivity index (χ2n) is 7.38. The highest BCUT2D eigenvalue weighted by molar-refractivity contribution is 7.99. The number of fused-ring (bicyclic) bond motifs is 1. The molecule has 1 N–H and O–H groups in total. The van der Waals surface area contributed by atoms with Gasteiger partial charge in [-0.25, -0.2) is 4.98 Å². The maximum atomic E-state index is 12.5. The van der Waals surface area contributed by atoms with Crippen molar-refractivity contribution in [2.24, 2.45) is 7.05 Å². The highest BCUT2D eigenvalue weighted by Crippen LogP contribution is 2.41. The number of para-hydroxylation sites is 2. The molecular weight excluding hydrogens is 458 g/mol. The Hall–Kier alpha value is -3.73. The van der Waals surface area contributed by atoms with Crippen molar-refractivity contribution in [2.75, 3.05) is 27.1 Å². The summed E-state index contributed by atoms with van der Waals surface area (Å²) in [6, 6.07) is 11.0. The van der Waals surface area contributed by atoms with Crippen LogP contribution in [0, 0.1) is 0 Å². The molecule has 0 aliphatic carbocycles. The van der Waals surface area contributed by atoms with Gasteiger partial charge in [-0.1, -0.05) is 23.9 Å². The number of imidazole rings is 1. The van der Waals surface area contributed by atoms with E-state index in [0.717, 1.165) is 28.6 Å². The number of carbonyl (C=O) groups is 1. The number of benzene rings is 2. The number of hydrogen-bond donors (Lipinski definition) is 1. The number of rotatable bonds is 9. The van der Waals surface area contributed by atoms with Crippen molar-refractivity contribution in [1.29, 1.82) is 0 Å². The van der Waals surface area contributed by atoms with Crippen molar-refractivity contribution in [2.45, 2.75) is 18.2 Å². The van der Waals surface area contributed by atoms with E-state index in [4.69, 9.17) is 18.6 Å². The predicted molar refractivity (Wildman–Crippen MR) is 127 cm³/mol. The molecule has 0 aliphatic heterocycles. The summed E-state index contributed by atoms with van der Waals surface area (Å²) in [5.41, 5.74) is 2.51. The lowest BCUT2D eigenvalue weighted by Gasteiger charge is -2.13. The van der Waals surface area contributed by atoms with Gasteiger partial charge >= 0.3 is 0 Å². The van der Waals surface area contributed by atoms with Gasteiger partial charge < -0.3 is 28.5 Å². The largest absolute Gasteiger partial charge is 0.493 e. The number of carbonyl (C=O) groups excluding carboxylic acids is 1. The zero-order valence-corrected chi connectivity index (χ0v) is 20.3. The van der Waals surface area contributed by atoms with Gasteiger partial charge in [-0.05, 0) is 31.2 Å². The first kappa shape index (κ1) is 23.4. The Morgan fingerprint density at radius 1 is 1.12 bits per heavy atom. The Bertz CT molecular complexity index is 1290. The average Bonchev–Trinajstić information content (AvgIpc) is 3.46. The van der Waals surface area contributed by atoms with Crippen molar-refractivity contribution in [1.82, 2.24) is 25.1 Å². The summed E-state index contributed by atoms with van der Waals surface area (Å²) >= 11 is 1.15. The standard InChI is InChI=1S/C23H25N5O5S/c1-13(21-25-15-8-6-7-9-16(15)28(21)2)24-19(29)12-34-23-27-26-22(33-23)14-10-17(30-3)20(32-5)18(11-14)31-4/h6-11,13H,12H2,1-5H3,(H,24,29)/t13-/m1/s1. The fourth-order valence-electron chi connectivity index (χ4n) is 3.62. The molecule has 0 unspecified atom stereocenters. The van der Waals surface area contributed by atoms with Gasteiger partial charge in [0.05, 0.1) is 44.2 Å². The monoisotopic (exact) mass is 483 g/mol. The van der Waals surface area contributed by atoms with E-state index in [1.807, 2.05) is 42.8 Å². The van der Waals surface area contributed by atoms with Crippen LogP contribution in [-0.4, -0.2) is 52.7 Å². The Kier molecular flexibility index (Phi) is 6.92. The molecule has 2 aromatic heterocycles. The number of nitrogens with zero attached hydrogens (tertiary/aromatic N) is 4. The summed E-state index contributed by atoms with van der Waals surface area (Å²) < 4.78 is 23.8. The van der Waals surface area contributed by atoms with E-state index in [2.05, 4.69) is 20.5 Å². The van der Waals surface area contributed by atoms with E-state index in [1.165, 1.54) is 21.3 Å². The van der Waals surface area contributed by atoms with Gasteiger partial charge in [0.25, 0.3) is 5.22 Å². The predicted octanol–water partition coefficient (Wildman–Crippen LogP) is 3.62. The van der Waals surface area contributed by atoms with Crippen LogP contribution in [0.25, 0.3) is 22.5 Å². The molecular formula is C23H25N5O5S. The lowest BCUT2D eigenvalue weighted by Crippen LogP contribution is -2.29. The van der Waals surface area contributed by atoms with Crippen molar-refractivity contribution < 1.29 is 23.4 Å². The molecule has 1 amide bonds. The maximum absolute atomic E-state index is 12.5. The van der Waals surface area contributed by atoms with Crippen LogP contribution in [0.15, 0.2) is 46.0 Å². The van der Waals surface area contributed by atoms with Gasteiger partial charge in [-0.3, -0.25) is 4.79 Å². The molecule has 2 aromatic carbocycles. The SMILES string of the molecule is COc1cc(-c2nnc(SCC(=O)N[C@H](C)c3nc4ccccc4n3C)o2)cc(OC)c1OC. The highest BCUT2D eigenvalue weighted by atomic mass is 32.2. The molecule has 11 heteroatoms. The molecule has 0 fully saturated rings. The van der Waals surface area contributed by atoms with E-state index in [9.17, 15) is 4.79 Å². The second-order valence-corrected chi connectivity index (χ2v) is 8.31. The van der Waals surface area contributed by atoms with Crippen LogP contribution in [0.5, 0.6) is 17.2 Å². The topological polar surface area (TPSA) is 114 Å². The van der Waals surface area contributed by atoms with E-state index < -0.39 is 0 Å². The molecule has 2 heterocycles. The number of aromatic nitrogens is 4. The van der Waals surface area contributed by atoms with E-state index in [0.29, 0.717) is 22.8 Å². The highest BCUT2D eigenvalue weighted by Gasteiger charge is 2.20. The van der Waals surface area contributed by atoms with Crippen LogP contribution in [0.2, 0.25) is 0 Å².